The van der Waals surface area contributed by atoms with Crippen LogP contribution in [0.2, 0.25) is 0 Å². The van der Waals surface area contributed by atoms with E-state index in [1.807, 2.05) is 24.3 Å². The van der Waals surface area contributed by atoms with Crippen molar-refractivity contribution in [2.75, 3.05) is 0 Å². The molecule has 0 unspecified atom stereocenters. The zero-order valence-corrected chi connectivity index (χ0v) is 20.0. The van der Waals surface area contributed by atoms with E-state index in [1.165, 1.54) is 49.7 Å². The second-order valence-corrected chi connectivity index (χ2v) is 11.0. The molecule has 3 nitrogen and oxygen atoms in total. The number of carboxylic acid groups (broad SMARTS) is 1. The second kappa shape index (κ2) is 9.03. The highest BCUT2D eigenvalue weighted by atomic mass is 16.5. The highest BCUT2D eigenvalue weighted by molar-refractivity contribution is 5.84. The molecule has 4 fully saturated rings. The number of carboxylic acids is 1. The number of aliphatic carboxylic acids is 1. The summed E-state index contributed by atoms with van der Waals surface area (Å²) in [5.41, 5.74) is 5.87. The van der Waals surface area contributed by atoms with Gasteiger partial charge in [0.15, 0.2) is 0 Å². The average Bonchev–Trinajstić information content (AvgIpc) is 2.86. The first-order valence-corrected chi connectivity index (χ1v) is 12.9. The maximum atomic E-state index is 10.9. The van der Waals surface area contributed by atoms with E-state index in [9.17, 15) is 9.90 Å². The summed E-state index contributed by atoms with van der Waals surface area (Å²) in [6, 6.07) is 25.1. The molecule has 35 heavy (non-hydrogen) atoms. The van der Waals surface area contributed by atoms with Crippen LogP contribution < -0.4 is 9.84 Å². The molecule has 0 aliphatic heterocycles. The van der Waals surface area contributed by atoms with Crippen molar-refractivity contribution < 1.29 is 14.6 Å². The lowest BCUT2D eigenvalue weighted by Crippen LogP contribution is -2.48. The van der Waals surface area contributed by atoms with Crippen LogP contribution in [0.25, 0.3) is 17.2 Å². The van der Waals surface area contributed by atoms with Gasteiger partial charge >= 0.3 is 0 Å². The lowest BCUT2D eigenvalue weighted by molar-refractivity contribution is -0.297. The van der Waals surface area contributed by atoms with Crippen LogP contribution in [-0.4, -0.2) is 5.97 Å². The first kappa shape index (κ1) is 22.2. The number of benzene rings is 3. The quantitative estimate of drug-likeness (QED) is 0.394. The fraction of sp³-hybridized carbons (Fsp3) is 0.344. The van der Waals surface area contributed by atoms with Crippen LogP contribution in [0.5, 0.6) is 5.75 Å². The van der Waals surface area contributed by atoms with E-state index in [1.54, 1.807) is 6.08 Å². The molecule has 7 rings (SSSR count). The van der Waals surface area contributed by atoms with Crippen molar-refractivity contribution in [3.63, 3.8) is 0 Å². The lowest BCUT2D eigenvalue weighted by atomic mass is 9.48. The SMILES string of the molecule is O=C([O-])/C=C/c1cccc(-c2ccc(OCc3ccccc3)c(C34CC5CC(CC(C5)C3)C4)c2)c1. The van der Waals surface area contributed by atoms with Crippen molar-refractivity contribution in [2.45, 2.75) is 50.5 Å². The Morgan fingerprint density at radius 2 is 1.54 bits per heavy atom. The lowest BCUT2D eigenvalue weighted by Gasteiger charge is -2.57. The highest BCUT2D eigenvalue weighted by Crippen LogP contribution is 2.62. The number of hydrogen-bond donors (Lipinski definition) is 0. The Balaban J connectivity index is 1.38. The summed E-state index contributed by atoms with van der Waals surface area (Å²) < 4.78 is 6.51. The average molecular weight is 464 g/mol. The van der Waals surface area contributed by atoms with Crippen LogP contribution in [-0.2, 0) is 16.8 Å². The smallest absolute Gasteiger partial charge is 0.123 e. The maximum Gasteiger partial charge on any atom is 0.123 e. The fourth-order valence-electron chi connectivity index (χ4n) is 7.41. The Bertz CT molecular complexity index is 1220. The minimum absolute atomic E-state index is 0.212. The minimum atomic E-state index is -1.18. The minimum Gasteiger partial charge on any atom is -0.545 e. The van der Waals surface area contributed by atoms with Crippen molar-refractivity contribution in [3.8, 4) is 16.9 Å². The van der Waals surface area contributed by atoms with Gasteiger partial charge in [-0.15, -0.1) is 0 Å². The van der Waals surface area contributed by atoms with Crippen molar-refractivity contribution >= 4 is 12.0 Å². The summed E-state index contributed by atoms with van der Waals surface area (Å²) in [6.45, 7) is 0.572. The van der Waals surface area contributed by atoms with Crippen LogP contribution in [0.4, 0.5) is 0 Å². The molecule has 0 amide bonds. The van der Waals surface area contributed by atoms with Crippen molar-refractivity contribution in [1.82, 2.24) is 0 Å². The maximum absolute atomic E-state index is 10.9. The van der Waals surface area contributed by atoms with Gasteiger partial charge in [-0.2, -0.15) is 0 Å². The highest BCUT2D eigenvalue weighted by Gasteiger charge is 2.52. The molecular weight excluding hydrogens is 432 g/mol. The van der Waals surface area contributed by atoms with Crippen LogP contribution >= 0.6 is 0 Å². The topological polar surface area (TPSA) is 49.4 Å². The van der Waals surface area contributed by atoms with Crippen molar-refractivity contribution in [2.24, 2.45) is 17.8 Å². The normalized spacial score (nSPS) is 26.8. The Hall–Kier alpha value is -3.33. The molecule has 3 aromatic carbocycles. The van der Waals surface area contributed by atoms with Gasteiger partial charge in [0.1, 0.15) is 12.4 Å². The Labute approximate surface area is 207 Å². The third-order valence-electron chi connectivity index (χ3n) is 8.46. The van der Waals surface area contributed by atoms with Crippen LogP contribution in [0, 0.1) is 17.8 Å². The standard InChI is InChI=1S/C32H32O3/c33-31(34)12-9-22-7-4-8-27(16-22)28-10-11-30(35-21-23-5-2-1-3-6-23)29(17-28)32-18-24-13-25(19-32)15-26(14-24)20-32/h1-12,16-17,24-26H,13-15,18-21H2,(H,33,34)/p-1/b12-9+. The molecule has 0 radical (unpaired) electrons. The zero-order chi connectivity index (χ0) is 23.8. The molecule has 0 spiro atoms. The number of carbonyl (C=O) groups excluding carboxylic acids is 1. The van der Waals surface area contributed by atoms with E-state index in [0.29, 0.717) is 6.61 Å². The molecule has 178 valence electrons. The van der Waals surface area contributed by atoms with Crippen LogP contribution in [0.3, 0.4) is 0 Å². The summed E-state index contributed by atoms with van der Waals surface area (Å²) in [7, 11) is 0. The molecule has 0 aromatic heterocycles. The summed E-state index contributed by atoms with van der Waals surface area (Å²) >= 11 is 0. The van der Waals surface area contributed by atoms with E-state index in [4.69, 9.17) is 4.74 Å². The Morgan fingerprint density at radius 1 is 0.857 bits per heavy atom. The number of hydrogen-bond acceptors (Lipinski definition) is 3. The first-order valence-electron chi connectivity index (χ1n) is 12.9. The summed E-state index contributed by atoms with van der Waals surface area (Å²) in [6.07, 6.45) is 10.7. The molecular formula is C32H31O3-. The molecule has 0 atom stereocenters. The Kier molecular flexibility index (Phi) is 5.72. The van der Waals surface area contributed by atoms with Crippen LogP contribution in [0.1, 0.15) is 55.2 Å². The molecule has 4 bridgehead atoms. The van der Waals surface area contributed by atoms with E-state index >= 15 is 0 Å². The molecule has 3 heteroatoms. The Morgan fingerprint density at radius 3 is 2.23 bits per heavy atom. The van der Waals surface area contributed by atoms with Gasteiger partial charge in [-0.05, 0) is 108 Å². The fourth-order valence-corrected chi connectivity index (χ4v) is 7.41. The van der Waals surface area contributed by atoms with E-state index in [-0.39, 0.29) is 5.41 Å². The second-order valence-electron chi connectivity index (χ2n) is 11.0. The molecule has 4 aliphatic rings. The molecule has 0 N–H and O–H groups in total. The van der Waals surface area contributed by atoms with Gasteiger partial charge in [0.05, 0.1) is 5.97 Å². The van der Waals surface area contributed by atoms with E-state index in [0.717, 1.165) is 46.3 Å². The van der Waals surface area contributed by atoms with E-state index in [2.05, 4.69) is 48.5 Å². The number of rotatable bonds is 7. The van der Waals surface area contributed by atoms with Gasteiger partial charge < -0.3 is 14.6 Å². The zero-order valence-electron chi connectivity index (χ0n) is 20.0. The summed E-state index contributed by atoms with van der Waals surface area (Å²) in [5.74, 6) is 2.40. The predicted octanol–water partition coefficient (Wildman–Crippen LogP) is 6.16. The van der Waals surface area contributed by atoms with Gasteiger partial charge in [-0.1, -0.05) is 60.7 Å². The predicted molar refractivity (Wildman–Crippen MR) is 137 cm³/mol. The number of ether oxygens (including phenoxy) is 1. The van der Waals surface area contributed by atoms with E-state index < -0.39 is 5.97 Å². The molecule has 4 saturated carbocycles. The van der Waals surface area contributed by atoms with Crippen molar-refractivity contribution in [1.29, 1.82) is 0 Å². The van der Waals surface area contributed by atoms with Crippen molar-refractivity contribution in [3.05, 3.63) is 95.6 Å². The third kappa shape index (κ3) is 4.52. The third-order valence-corrected chi connectivity index (χ3v) is 8.46. The van der Waals surface area contributed by atoms with Gasteiger partial charge in [-0.25, -0.2) is 0 Å². The summed E-state index contributed by atoms with van der Waals surface area (Å²) in [5, 5.41) is 10.9. The molecule has 4 aliphatic carbocycles. The van der Waals surface area contributed by atoms with Gasteiger partial charge in [0.2, 0.25) is 0 Å². The number of carbonyl (C=O) groups is 1. The largest absolute Gasteiger partial charge is 0.545 e. The van der Waals surface area contributed by atoms with Gasteiger partial charge in [0, 0.05) is 5.56 Å². The first-order chi connectivity index (χ1) is 17.1. The molecule has 0 saturated heterocycles. The molecule has 3 aromatic rings. The van der Waals surface area contributed by atoms with Crippen LogP contribution in [0.15, 0.2) is 78.9 Å². The van der Waals surface area contributed by atoms with Gasteiger partial charge in [-0.3, -0.25) is 0 Å². The monoisotopic (exact) mass is 463 g/mol. The molecule has 0 heterocycles. The summed E-state index contributed by atoms with van der Waals surface area (Å²) in [4.78, 5) is 10.9. The van der Waals surface area contributed by atoms with Gasteiger partial charge in [0.25, 0.3) is 0 Å².